The fourth-order valence-electron chi connectivity index (χ4n) is 2.19. The Morgan fingerprint density at radius 1 is 1.53 bits per heavy atom. The molecule has 0 radical (unpaired) electrons. The zero-order valence-corrected chi connectivity index (χ0v) is 11.6. The lowest BCUT2D eigenvalue weighted by Gasteiger charge is -2.33. The van der Waals surface area contributed by atoms with Gasteiger partial charge in [-0.2, -0.15) is 0 Å². The maximum atomic E-state index is 11.7. The lowest BCUT2D eigenvalue weighted by Crippen LogP contribution is -2.32. The first-order valence-electron chi connectivity index (χ1n) is 6.36. The first kappa shape index (κ1) is 13.5. The van der Waals surface area contributed by atoms with Crippen molar-refractivity contribution in [3.63, 3.8) is 0 Å². The minimum Gasteiger partial charge on any atom is -0.487 e. The van der Waals surface area contributed by atoms with Crippen molar-refractivity contribution in [2.24, 2.45) is 0 Å². The molecule has 0 unspecified atom stereocenters. The average Bonchev–Trinajstić information content (AvgIpc) is 2.33. The van der Waals surface area contributed by atoms with Crippen LogP contribution in [0.2, 0.25) is 0 Å². The van der Waals surface area contributed by atoms with E-state index in [4.69, 9.17) is 15.9 Å². The number of aryl methyl sites for hydroxylation is 1. The summed E-state index contributed by atoms with van der Waals surface area (Å²) in [7, 11) is 0. The van der Waals surface area contributed by atoms with E-state index in [0.29, 0.717) is 11.3 Å². The lowest BCUT2D eigenvalue weighted by molar-refractivity contribution is 0.0841. The van der Waals surface area contributed by atoms with Crippen LogP contribution in [0.4, 0.5) is 0 Å². The molecule has 1 aliphatic rings. The molecule has 100 valence electrons. The van der Waals surface area contributed by atoms with Crippen molar-refractivity contribution in [3.05, 3.63) is 23.3 Å². The number of hydrogen-bond acceptors (Lipinski definition) is 3. The van der Waals surface area contributed by atoms with Gasteiger partial charge in [0.25, 0.3) is 0 Å². The summed E-state index contributed by atoms with van der Waals surface area (Å²) in [5.41, 5.74) is 1.43. The summed E-state index contributed by atoms with van der Waals surface area (Å²) in [5.74, 6) is 3.66. The maximum absolute atomic E-state index is 11.7. The zero-order chi connectivity index (χ0) is 14.0. The van der Waals surface area contributed by atoms with Gasteiger partial charge in [0.1, 0.15) is 23.7 Å². The quantitative estimate of drug-likeness (QED) is 0.617. The number of ketones is 1. The summed E-state index contributed by atoms with van der Waals surface area (Å²) in [4.78, 5) is 11.7. The summed E-state index contributed by atoms with van der Waals surface area (Å²) >= 11 is 0. The van der Waals surface area contributed by atoms with Crippen molar-refractivity contribution in [2.45, 2.75) is 39.2 Å². The molecule has 3 nitrogen and oxygen atoms in total. The number of fused-ring (bicyclic) bond motifs is 1. The predicted octanol–water partition coefficient (Wildman–Crippen LogP) is 3.00. The van der Waals surface area contributed by atoms with Crippen LogP contribution < -0.4 is 9.47 Å². The van der Waals surface area contributed by atoms with Crippen molar-refractivity contribution < 1.29 is 14.3 Å². The highest BCUT2D eigenvalue weighted by Gasteiger charge is 2.28. The van der Waals surface area contributed by atoms with Crippen LogP contribution in [0.5, 0.6) is 11.5 Å². The molecule has 0 saturated heterocycles. The summed E-state index contributed by atoms with van der Waals surface area (Å²) in [6, 6.07) is 3.64. The molecule has 1 heterocycles. The standard InChI is InChI=1S/C16H18O3/c1-5-8-18-15-10-14-12(9-13(15)11(2)17)6-7-16(3,4)19-14/h1,9-10H,6-8H2,2-4H3. The second kappa shape index (κ2) is 4.97. The molecular formula is C16H18O3. The fourth-order valence-corrected chi connectivity index (χ4v) is 2.19. The smallest absolute Gasteiger partial charge is 0.163 e. The van der Waals surface area contributed by atoms with Crippen LogP contribution in [0.1, 0.15) is 43.1 Å². The Morgan fingerprint density at radius 2 is 2.26 bits per heavy atom. The van der Waals surface area contributed by atoms with Crippen molar-refractivity contribution in [1.82, 2.24) is 0 Å². The summed E-state index contributed by atoms with van der Waals surface area (Å²) < 4.78 is 11.4. The Kier molecular flexibility index (Phi) is 3.53. The van der Waals surface area contributed by atoms with Crippen molar-refractivity contribution in [1.29, 1.82) is 0 Å². The maximum Gasteiger partial charge on any atom is 0.163 e. The number of Topliss-reactive ketones (excluding diaryl/α,β-unsaturated/α-hetero) is 1. The number of ether oxygens (including phenoxy) is 2. The van der Waals surface area contributed by atoms with Crippen LogP contribution in [0.15, 0.2) is 12.1 Å². The number of carbonyl (C=O) groups excluding carboxylic acids is 1. The van der Waals surface area contributed by atoms with Gasteiger partial charge in [0.2, 0.25) is 0 Å². The van der Waals surface area contributed by atoms with Crippen LogP contribution in [-0.4, -0.2) is 18.0 Å². The van der Waals surface area contributed by atoms with E-state index in [-0.39, 0.29) is 18.0 Å². The molecule has 1 aromatic rings. The van der Waals surface area contributed by atoms with E-state index in [1.165, 1.54) is 6.92 Å². The molecule has 0 N–H and O–H groups in total. The lowest BCUT2D eigenvalue weighted by atomic mass is 9.92. The largest absolute Gasteiger partial charge is 0.487 e. The Labute approximate surface area is 113 Å². The van der Waals surface area contributed by atoms with Gasteiger partial charge in [-0.25, -0.2) is 0 Å². The van der Waals surface area contributed by atoms with E-state index in [1.54, 1.807) is 6.07 Å². The highest BCUT2D eigenvalue weighted by molar-refractivity contribution is 5.97. The van der Waals surface area contributed by atoms with Crippen LogP contribution in [0, 0.1) is 12.3 Å². The van der Waals surface area contributed by atoms with Crippen LogP contribution in [0.3, 0.4) is 0 Å². The molecule has 19 heavy (non-hydrogen) atoms. The molecule has 0 saturated carbocycles. The molecule has 0 atom stereocenters. The molecular weight excluding hydrogens is 240 g/mol. The van der Waals surface area contributed by atoms with E-state index < -0.39 is 0 Å². The Balaban J connectivity index is 2.43. The highest BCUT2D eigenvalue weighted by Crippen LogP contribution is 2.37. The van der Waals surface area contributed by atoms with Gasteiger partial charge in [-0.05, 0) is 45.2 Å². The minimum absolute atomic E-state index is 0.0281. The van der Waals surface area contributed by atoms with Gasteiger partial charge in [-0.1, -0.05) is 5.92 Å². The molecule has 2 rings (SSSR count). The molecule has 0 fully saturated rings. The van der Waals surface area contributed by atoms with Crippen LogP contribution in [-0.2, 0) is 6.42 Å². The molecule has 1 aromatic carbocycles. The first-order valence-corrected chi connectivity index (χ1v) is 6.36. The van der Waals surface area contributed by atoms with Crippen molar-refractivity contribution in [2.75, 3.05) is 6.61 Å². The summed E-state index contributed by atoms with van der Waals surface area (Å²) in [5, 5.41) is 0. The predicted molar refractivity (Wildman–Crippen MR) is 73.8 cm³/mol. The van der Waals surface area contributed by atoms with E-state index in [0.717, 1.165) is 24.2 Å². The van der Waals surface area contributed by atoms with Crippen molar-refractivity contribution >= 4 is 5.78 Å². The number of benzene rings is 1. The van der Waals surface area contributed by atoms with Gasteiger partial charge in [0.15, 0.2) is 5.78 Å². The average molecular weight is 258 g/mol. The van der Waals surface area contributed by atoms with E-state index in [2.05, 4.69) is 19.8 Å². The number of hydrogen-bond donors (Lipinski definition) is 0. The van der Waals surface area contributed by atoms with Gasteiger partial charge < -0.3 is 9.47 Å². The Hall–Kier alpha value is -1.95. The monoisotopic (exact) mass is 258 g/mol. The van der Waals surface area contributed by atoms with Crippen LogP contribution >= 0.6 is 0 Å². The van der Waals surface area contributed by atoms with E-state index in [1.807, 2.05) is 6.07 Å². The normalized spacial score (nSPS) is 15.9. The Morgan fingerprint density at radius 3 is 2.89 bits per heavy atom. The third-order valence-electron chi connectivity index (χ3n) is 3.24. The highest BCUT2D eigenvalue weighted by atomic mass is 16.5. The Bertz CT molecular complexity index is 550. The van der Waals surface area contributed by atoms with Crippen molar-refractivity contribution in [3.8, 4) is 23.8 Å². The second-order valence-corrected chi connectivity index (χ2v) is 5.37. The topological polar surface area (TPSA) is 35.5 Å². The summed E-state index contributed by atoms with van der Waals surface area (Å²) in [6.45, 7) is 5.77. The minimum atomic E-state index is -0.186. The third-order valence-corrected chi connectivity index (χ3v) is 3.24. The third kappa shape index (κ3) is 2.90. The second-order valence-electron chi connectivity index (χ2n) is 5.37. The molecule has 3 heteroatoms. The fraction of sp³-hybridized carbons (Fsp3) is 0.438. The zero-order valence-electron chi connectivity index (χ0n) is 11.6. The molecule has 1 aliphatic heterocycles. The van der Waals surface area contributed by atoms with Gasteiger partial charge in [0, 0.05) is 6.07 Å². The van der Waals surface area contributed by atoms with Gasteiger partial charge in [-0.15, -0.1) is 6.42 Å². The summed E-state index contributed by atoms with van der Waals surface area (Å²) in [6.07, 6.45) is 7.03. The van der Waals surface area contributed by atoms with E-state index in [9.17, 15) is 4.79 Å². The number of terminal acetylenes is 1. The van der Waals surface area contributed by atoms with Gasteiger partial charge >= 0.3 is 0 Å². The number of carbonyl (C=O) groups is 1. The van der Waals surface area contributed by atoms with Gasteiger partial charge in [-0.3, -0.25) is 4.79 Å². The molecule has 0 aliphatic carbocycles. The number of rotatable bonds is 3. The van der Waals surface area contributed by atoms with Gasteiger partial charge in [0.05, 0.1) is 5.56 Å². The molecule has 0 amide bonds. The molecule has 0 bridgehead atoms. The molecule has 0 aromatic heterocycles. The SMILES string of the molecule is C#CCOc1cc2c(cc1C(C)=O)CCC(C)(C)O2. The first-order chi connectivity index (χ1) is 8.93. The van der Waals surface area contributed by atoms with E-state index >= 15 is 0 Å². The molecule has 0 spiro atoms. The van der Waals surface area contributed by atoms with Crippen LogP contribution in [0.25, 0.3) is 0 Å².